The Hall–Kier alpha value is -2.91. The first-order valence-corrected chi connectivity index (χ1v) is 8.86. The van der Waals surface area contributed by atoms with Crippen LogP contribution >= 0.6 is 0 Å². The zero-order valence-corrected chi connectivity index (χ0v) is 14.9. The van der Waals surface area contributed by atoms with E-state index in [2.05, 4.69) is 44.8 Å². The minimum absolute atomic E-state index is 0.0210. The Bertz CT molecular complexity index is 814. The first-order valence-electron chi connectivity index (χ1n) is 8.86. The molecule has 1 aliphatic heterocycles. The van der Waals surface area contributed by atoms with E-state index in [0.29, 0.717) is 24.5 Å². The zero-order chi connectivity index (χ0) is 18.4. The second kappa shape index (κ2) is 8.45. The van der Waals surface area contributed by atoms with Crippen LogP contribution in [0.15, 0.2) is 42.6 Å². The first-order chi connectivity index (χ1) is 12.7. The maximum absolute atomic E-state index is 12.4. The van der Waals surface area contributed by atoms with Crippen molar-refractivity contribution in [1.82, 2.24) is 15.2 Å². The Morgan fingerprint density at radius 2 is 2.08 bits per heavy atom. The average molecular weight is 349 g/mol. The van der Waals surface area contributed by atoms with Gasteiger partial charge in [0.15, 0.2) is 0 Å². The standard InChI is InChI=1S/C20H23N5O/c1-15(25-12-8-16-5-2-3-6-18(16)14-25)20(26)24-11-10-23-19-17(13-21)7-4-9-22-19/h2-7,9,15H,8,10-12,14H2,1H3,(H,22,23)(H,24,26). The van der Waals surface area contributed by atoms with E-state index in [4.69, 9.17) is 5.26 Å². The highest BCUT2D eigenvalue weighted by Gasteiger charge is 2.24. The SMILES string of the molecule is CC(C(=O)NCCNc1ncccc1C#N)N1CCc2ccccc2C1. The molecule has 1 atom stereocenters. The molecule has 0 saturated carbocycles. The summed E-state index contributed by atoms with van der Waals surface area (Å²) in [5.74, 6) is 0.567. The lowest BCUT2D eigenvalue weighted by Gasteiger charge is -2.32. The van der Waals surface area contributed by atoms with Gasteiger partial charge in [-0.2, -0.15) is 5.26 Å². The van der Waals surface area contributed by atoms with Gasteiger partial charge in [0.25, 0.3) is 0 Å². The van der Waals surface area contributed by atoms with Gasteiger partial charge in [-0.3, -0.25) is 9.69 Å². The van der Waals surface area contributed by atoms with Crippen molar-refractivity contribution in [2.75, 3.05) is 25.0 Å². The molecule has 0 saturated heterocycles. The molecule has 1 unspecified atom stereocenters. The third-order valence-corrected chi connectivity index (χ3v) is 4.73. The number of hydrogen-bond donors (Lipinski definition) is 2. The van der Waals surface area contributed by atoms with Crippen LogP contribution in [0.1, 0.15) is 23.6 Å². The van der Waals surface area contributed by atoms with Crippen LogP contribution in [0.5, 0.6) is 0 Å². The van der Waals surface area contributed by atoms with E-state index in [1.165, 1.54) is 11.1 Å². The summed E-state index contributed by atoms with van der Waals surface area (Å²) in [7, 11) is 0. The molecule has 0 fully saturated rings. The van der Waals surface area contributed by atoms with E-state index < -0.39 is 0 Å². The summed E-state index contributed by atoms with van der Waals surface area (Å²) < 4.78 is 0. The van der Waals surface area contributed by atoms with Crippen molar-refractivity contribution in [3.8, 4) is 6.07 Å². The monoisotopic (exact) mass is 349 g/mol. The number of amides is 1. The van der Waals surface area contributed by atoms with Gasteiger partial charge in [-0.25, -0.2) is 4.98 Å². The molecule has 0 radical (unpaired) electrons. The number of aromatic nitrogens is 1. The summed E-state index contributed by atoms with van der Waals surface area (Å²) in [6.45, 7) is 4.65. The van der Waals surface area contributed by atoms with Crippen LogP contribution in [0.2, 0.25) is 0 Å². The third-order valence-electron chi connectivity index (χ3n) is 4.73. The van der Waals surface area contributed by atoms with Gasteiger partial charge >= 0.3 is 0 Å². The van der Waals surface area contributed by atoms with Gasteiger partial charge in [0.2, 0.25) is 5.91 Å². The number of nitriles is 1. The highest BCUT2D eigenvalue weighted by Crippen LogP contribution is 2.20. The summed E-state index contributed by atoms with van der Waals surface area (Å²) in [4.78, 5) is 18.8. The Labute approximate surface area is 153 Å². The molecule has 1 aliphatic rings. The normalized spacial score (nSPS) is 14.8. The van der Waals surface area contributed by atoms with Gasteiger partial charge in [0.05, 0.1) is 11.6 Å². The van der Waals surface area contributed by atoms with E-state index in [1.807, 2.05) is 13.0 Å². The predicted molar refractivity (Wildman–Crippen MR) is 100 cm³/mol. The number of rotatable bonds is 6. The van der Waals surface area contributed by atoms with Crippen LogP contribution in [-0.4, -0.2) is 41.5 Å². The number of anilines is 1. The van der Waals surface area contributed by atoms with Crippen molar-refractivity contribution in [3.05, 3.63) is 59.3 Å². The minimum Gasteiger partial charge on any atom is -0.367 e. The summed E-state index contributed by atoms with van der Waals surface area (Å²) in [6.07, 6.45) is 2.62. The molecular weight excluding hydrogens is 326 g/mol. The number of fused-ring (bicyclic) bond motifs is 1. The maximum atomic E-state index is 12.4. The number of pyridine rings is 1. The fraction of sp³-hybridized carbons (Fsp3) is 0.350. The van der Waals surface area contributed by atoms with E-state index in [0.717, 1.165) is 19.5 Å². The van der Waals surface area contributed by atoms with Crippen LogP contribution < -0.4 is 10.6 Å². The molecule has 6 nitrogen and oxygen atoms in total. The van der Waals surface area contributed by atoms with E-state index >= 15 is 0 Å². The summed E-state index contributed by atoms with van der Waals surface area (Å²) in [5, 5.41) is 15.1. The minimum atomic E-state index is -0.173. The van der Waals surface area contributed by atoms with Crippen molar-refractivity contribution in [2.24, 2.45) is 0 Å². The van der Waals surface area contributed by atoms with Crippen molar-refractivity contribution in [3.63, 3.8) is 0 Å². The van der Waals surface area contributed by atoms with Crippen molar-refractivity contribution < 1.29 is 4.79 Å². The molecule has 2 N–H and O–H groups in total. The number of carbonyl (C=O) groups is 1. The van der Waals surface area contributed by atoms with Gasteiger partial charge in [-0.1, -0.05) is 24.3 Å². The molecule has 2 heterocycles. The number of nitrogens with one attached hydrogen (secondary N) is 2. The van der Waals surface area contributed by atoms with Gasteiger partial charge in [-0.05, 0) is 36.6 Å². The number of hydrogen-bond acceptors (Lipinski definition) is 5. The number of carbonyl (C=O) groups excluding carboxylic acids is 1. The number of nitrogens with zero attached hydrogens (tertiary/aromatic N) is 3. The first kappa shape index (κ1) is 17.9. The number of benzene rings is 1. The Balaban J connectivity index is 1.46. The molecular formula is C20H23N5O. The fourth-order valence-corrected chi connectivity index (χ4v) is 3.16. The van der Waals surface area contributed by atoms with Gasteiger partial charge in [0.1, 0.15) is 11.9 Å². The van der Waals surface area contributed by atoms with E-state index in [9.17, 15) is 4.79 Å². The Morgan fingerprint density at radius 1 is 1.27 bits per heavy atom. The largest absolute Gasteiger partial charge is 0.367 e. The molecule has 2 aromatic rings. The van der Waals surface area contributed by atoms with Crippen molar-refractivity contribution in [1.29, 1.82) is 5.26 Å². The van der Waals surface area contributed by atoms with Gasteiger partial charge in [0, 0.05) is 32.4 Å². The topological polar surface area (TPSA) is 81.0 Å². The highest BCUT2D eigenvalue weighted by molar-refractivity contribution is 5.81. The molecule has 0 spiro atoms. The molecule has 1 amide bonds. The molecule has 1 aromatic heterocycles. The molecule has 26 heavy (non-hydrogen) atoms. The van der Waals surface area contributed by atoms with Crippen LogP contribution in [0.25, 0.3) is 0 Å². The predicted octanol–water partition coefficient (Wildman–Crippen LogP) is 1.93. The van der Waals surface area contributed by atoms with Crippen LogP contribution in [0.4, 0.5) is 5.82 Å². The van der Waals surface area contributed by atoms with Gasteiger partial charge in [-0.15, -0.1) is 0 Å². The average Bonchev–Trinajstić information content (AvgIpc) is 2.70. The lowest BCUT2D eigenvalue weighted by atomic mass is 9.99. The summed E-state index contributed by atoms with van der Waals surface area (Å²) >= 11 is 0. The van der Waals surface area contributed by atoms with E-state index in [-0.39, 0.29) is 11.9 Å². The Kier molecular flexibility index (Phi) is 5.82. The lowest BCUT2D eigenvalue weighted by molar-refractivity contribution is -0.126. The summed E-state index contributed by atoms with van der Waals surface area (Å²) in [5.41, 5.74) is 3.18. The van der Waals surface area contributed by atoms with Crippen molar-refractivity contribution in [2.45, 2.75) is 25.9 Å². The van der Waals surface area contributed by atoms with Gasteiger partial charge < -0.3 is 10.6 Å². The smallest absolute Gasteiger partial charge is 0.237 e. The fourth-order valence-electron chi connectivity index (χ4n) is 3.16. The summed E-state index contributed by atoms with van der Waals surface area (Å²) in [6, 6.07) is 13.8. The highest BCUT2D eigenvalue weighted by atomic mass is 16.2. The molecule has 134 valence electrons. The quantitative estimate of drug-likeness (QED) is 0.779. The van der Waals surface area contributed by atoms with Crippen molar-refractivity contribution >= 4 is 11.7 Å². The molecule has 0 bridgehead atoms. The second-order valence-corrected chi connectivity index (χ2v) is 6.39. The lowest BCUT2D eigenvalue weighted by Crippen LogP contribution is -2.47. The van der Waals surface area contributed by atoms with Crippen LogP contribution in [0, 0.1) is 11.3 Å². The molecule has 0 aliphatic carbocycles. The maximum Gasteiger partial charge on any atom is 0.237 e. The third kappa shape index (κ3) is 4.19. The second-order valence-electron chi connectivity index (χ2n) is 6.39. The molecule has 6 heteroatoms. The molecule has 1 aromatic carbocycles. The van der Waals surface area contributed by atoms with Crippen LogP contribution in [-0.2, 0) is 17.8 Å². The Morgan fingerprint density at radius 3 is 2.88 bits per heavy atom. The zero-order valence-electron chi connectivity index (χ0n) is 14.9. The molecule has 3 rings (SSSR count). The van der Waals surface area contributed by atoms with Crippen LogP contribution in [0.3, 0.4) is 0 Å². The van der Waals surface area contributed by atoms with E-state index in [1.54, 1.807) is 18.3 Å².